The third-order valence-electron chi connectivity index (χ3n) is 2.35. The van der Waals surface area contributed by atoms with Gasteiger partial charge in [0.15, 0.2) is 0 Å². The van der Waals surface area contributed by atoms with Crippen LogP contribution in [0.2, 0.25) is 0 Å². The molecule has 1 atom stereocenters. The first-order valence-corrected chi connectivity index (χ1v) is 6.23. The van der Waals surface area contributed by atoms with E-state index in [0.717, 1.165) is 12.8 Å². The average molecular weight is 243 g/mol. The highest BCUT2D eigenvalue weighted by atomic mass is 32.2. The van der Waals surface area contributed by atoms with Crippen molar-refractivity contribution in [1.29, 1.82) is 0 Å². The second kappa shape index (κ2) is 7.39. The van der Waals surface area contributed by atoms with Gasteiger partial charge in [0.2, 0.25) is 0 Å². The molecular formula is C10H20F3NS. The number of rotatable bonds is 7. The van der Waals surface area contributed by atoms with Crippen LogP contribution >= 0.6 is 11.8 Å². The first-order valence-electron chi connectivity index (χ1n) is 5.24. The molecule has 0 aromatic carbocycles. The normalized spacial score (nSPS) is 14.6. The molecule has 15 heavy (non-hydrogen) atoms. The number of hydrogen-bond donors (Lipinski definition) is 1. The second-order valence-corrected chi connectivity index (χ2v) is 5.09. The van der Waals surface area contributed by atoms with Gasteiger partial charge in [-0.25, -0.2) is 0 Å². The lowest BCUT2D eigenvalue weighted by Crippen LogP contribution is -2.30. The van der Waals surface area contributed by atoms with Crippen LogP contribution in [0, 0.1) is 5.92 Å². The standard InChI is InChI=1S/C10H20F3NS/c1-8(2)9(14-3)6-4-5-7-15-10(11,12)13/h8-9,14H,4-7H2,1-3H3. The van der Waals surface area contributed by atoms with Crippen molar-refractivity contribution < 1.29 is 13.2 Å². The fraction of sp³-hybridized carbons (Fsp3) is 1.00. The Morgan fingerprint density at radius 3 is 2.20 bits per heavy atom. The minimum Gasteiger partial charge on any atom is -0.317 e. The molecule has 1 N–H and O–H groups in total. The molecule has 0 heterocycles. The van der Waals surface area contributed by atoms with Crippen molar-refractivity contribution >= 4 is 11.8 Å². The van der Waals surface area contributed by atoms with Crippen molar-refractivity contribution in [2.24, 2.45) is 5.92 Å². The summed E-state index contributed by atoms with van der Waals surface area (Å²) >= 11 is 0.0808. The monoisotopic (exact) mass is 243 g/mol. The van der Waals surface area contributed by atoms with Gasteiger partial charge in [-0.15, -0.1) is 0 Å². The SMILES string of the molecule is CNC(CCCCSC(F)(F)F)C(C)C. The lowest BCUT2D eigenvalue weighted by atomic mass is 9.99. The summed E-state index contributed by atoms with van der Waals surface area (Å²) in [6.45, 7) is 4.23. The molecule has 0 rings (SSSR count). The van der Waals surface area contributed by atoms with Gasteiger partial charge >= 0.3 is 5.51 Å². The first kappa shape index (κ1) is 15.1. The number of thioether (sulfide) groups is 1. The zero-order valence-corrected chi connectivity index (χ0v) is 10.3. The predicted molar refractivity (Wildman–Crippen MR) is 60.0 cm³/mol. The summed E-state index contributed by atoms with van der Waals surface area (Å²) in [7, 11) is 1.90. The van der Waals surface area contributed by atoms with Gasteiger partial charge in [-0.3, -0.25) is 0 Å². The van der Waals surface area contributed by atoms with Crippen LogP contribution in [-0.2, 0) is 0 Å². The molecule has 0 amide bonds. The number of hydrogen-bond acceptors (Lipinski definition) is 2. The zero-order chi connectivity index (χ0) is 11.9. The maximum absolute atomic E-state index is 11.8. The van der Waals surface area contributed by atoms with Gasteiger partial charge in [0.05, 0.1) is 0 Å². The van der Waals surface area contributed by atoms with Crippen molar-refractivity contribution in [2.45, 2.75) is 44.7 Å². The summed E-state index contributed by atoms with van der Waals surface area (Å²) in [4.78, 5) is 0. The number of halogens is 3. The van der Waals surface area contributed by atoms with E-state index < -0.39 is 5.51 Å². The molecule has 0 fully saturated rings. The fourth-order valence-corrected chi connectivity index (χ4v) is 2.05. The Kier molecular flexibility index (Phi) is 7.44. The van der Waals surface area contributed by atoms with Crippen LogP contribution in [0.15, 0.2) is 0 Å². The molecule has 1 nitrogen and oxygen atoms in total. The maximum atomic E-state index is 11.8. The van der Waals surface area contributed by atoms with E-state index in [0.29, 0.717) is 18.4 Å². The number of alkyl halides is 3. The summed E-state index contributed by atoms with van der Waals surface area (Å²) in [5, 5.41) is 3.18. The molecule has 0 saturated carbocycles. The minimum absolute atomic E-state index is 0.0808. The molecule has 0 saturated heterocycles. The molecule has 0 radical (unpaired) electrons. The van der Waals surface area contributed by atoms with Gasteiger partial charge in [-0.2, -0.15) is 13.2 Å². The van der Waals surface area contributed by atoms with Crippen LogP contribution in [0.5, 0.6) is 0 Å². The summed E-state index contributed by atoms with van der Waals surface area (Å²) in [5.74, 6) is 0.711. The van der Waals surface area contributed by atoms with Gasteiger partial charge in [-0.05, 0) is 25.8 Å². The van der Waals surface area contributed by atoms with Crippen molar-refractivity contribution in [3.05, 3.63) is 0 Å². The van der Waals surface area contributed by atoms with E-state index in [1.165, 1.54) is 0 Å². The van der Waals surface area contributed by atoms with E-state index in [-0.39, 0.29) is 17.5 Å². The van der Waals surface area contributed by atoms with E-state index in [1.807, 2.05) is 7.05 Å². The topological polar surface area (TPSA) is 12.0 Å². The van der Waals surface area contributed by atoms with Crippen LogP contribution in [0.3, 0.4) is 0 Å². The lowest BCUT2D eigenvalue weighted by molar-refractivity contribution is -0.0328. The van der Waals surface area contributed by atoms with E-state index in [1.54, 1.807) is 0 Å². The molecule has 0 bridgehead atoms. The molecule has 0 aromatic rings. The maximum Gasteiger partial charge on any atom is 0.441 e. The van der Waals surface area contributed by atoms with Gasteiger partial charge < -0.3 is 5.32 Å². The zero-order valence-electron chi connectivity index (χ0n) is 9.53. The van der Waals surface area contributed by atoms with Gasteiger partial charge in [0, 0.05) is 11.8 Å². The molecule has 0 aromatic heterocycles. The quantitative estimate of drug-likeness (QED) is 0.685. The minimum atomic E-state index is -4.07. The average Bonchev–Trinajstić information content (AvgIpc) is 2.08. The molecular weight excluding hydrogens is 223 g/mol. The highest BCUT2D eigenvalue weighted by Crippen LogP contribution is 2.30. The molecule has 0 spiro atoms. The van der Waals surface area contributed by atoms with Crippen LogP contribution in [-0.4, -0.2) is 24.4 Å². The van der Waals surface area contributed by atoms with Crippen LogP contribution in [0.1, 0.15) is 33.1 Å². The van der Waals surface area contributed by atoms with Crippen LogP contribution in [0.25, 0.3) is 0 Å². The molecule has 5 heteroatoms. The smallest absolute Gasteiger partial charge is 0.317 e. The van der Waals surface area contributed by atoms with Crippen molar-refractivity contribution in [2.75, 3.05) is 12.8 Å². The summed E-state index contributed by atoms with van der Waals surface area (Å²) < 4.78 is 35.4. The summed E-state index contributed by atoms with van der Waals surface area (Å²) in [5.41, 5.74) is -4.07. The lowest BCUT2D eigenvalue weighted by Gasteiger charge is -2.19. The molecule has 0 aliphatic carbocycles. The molecule has 1 unspecified atom stereocenters. The Bertz CT molecular complexity index is 159. The molecule has 0 aliphatic rings. The second-order valence-electron chi connectivity index (χ2n) is 3.93. The Labute approximate surface area is 94.2 Å². The fourth-order valence-electron chi connectivity index (χ4n) is 1.47. The largest absolute Gasteiger partial charge is 0.441 e. The Balaban J connectivity index is 3.45. The van der Waals surface area contributed by atoms with E-state index in [2.05, 4.69) is 19.2 Å². The highest BCUT2D eigenvalue weighted by molar-refractivity contribution is 8.00. The third-order valence-corrected chi connectivity index (χ3v) is 3.17. The molecule has 0 aliphatic heterocycles. The van der Waals surface area contributed by atoms with Crippen molar-refractivity contribution in [3.63, 3.8) is 0 Å². The van der Waals surface area contributed by atoms with Gasteiger partial charge in [-0.1, -0.05) is 32.0 Å². The van der Waals surface area contributed by atoms with Gasteiger partial charge in [0.1, 0.15) is 0 Å². The van der Waals surface area contributed by atoms with E-state index in [4.69, 9.17) is 0 Å². The Morgan fingerprint density at radius 1 is 1.20 bits per heavy atom. The first-order chi connectivity index (χ1) is 6.87. The van der Waals surface area contributed by atoms with Crippen LogP contribution in [0.4, 0.5) is 13.2 Å². The third kappa shape index (κ3) is 9.05. The van der Waals surface area contributed by atoms with Crippen molar-refractivity contribution in [1.82, 2.24) is 5.32 Å². The number of unbranched alkanes of at least 4 members (excludes halogenated alkanes) is 1. The summed E-state index contributed by atoms with van der Waals surface area (Å²) in [6.07, 6.45) is 2.44. The van der Waals surface area contributed by atoms with Crippen molar-refractivity contribution in [3.8, 4) is 0 Å². The van der Waals surface area contributed by atoms with E-state index >= 15 is 0 Å². The van der Waals surface area contributed by atoms with E-state index in [9.17, 15) is 13.2 Å². The van der Waals surface area contributed by atoms with Gasteiger partial charge in [0.25, 0.3) is 0 Å². The summed E-state index contributed by atoms with van der Waals surface area (Å²) in [6, 6.07) is 0.417. The highest BCUT2D eigenvalue weighted by Gasteiger charge is 2.27. The number of nitrogens with one attached hydrogen (secondary N) is 1. The Morgan fingerprint density at radius 2 is 1.80 bits per heavy atom. The predicted octanol–water partition coefficient (Wildman–Crippen LogP) is 3.65. The van der Waals surface area contributed by atoms with Crippen LogP contribution < -0.4 is 5.32 Å². The molecule has 92 valence electrons. The Hall–Kier alpha value is 0.100.